The highest BCUT2D eigenvalue weighted by molar-refractivity contribution is 6.34. The van der Waals surface area contributed by atoms with E-state index in [1.165, 1.54) is 6.33 Å². The standard InChI is InChI=1S/C22H27ClN6O/c1-13-10-16-15(7-9-29(16)21-19(23)20(24)25-12-26-21)18(17(13)22(30)27(2)3)14-6-5-8-28(4)11-14/h7,9-10,12,14H,5-6,8,11H2,1-4H3,(H2,24,25,26). The van der Waals surface area contributed by atoms with Crippen molar-refractivity contribution >= 4 is 34.2 Å². The van der Waals surface area contributed by atoms with Crippen LogP contribution >= 0.6 is 11.6 Å². The summed E-state index contributed by atoms with van der Waals surface area (Å²) in [4.78, 5) is 25.5. The fraction of sp³-hybridized carbons (Fsp3) is 0.409. The molecule has 1 aromatic carbocycles. The first kappa shape index (κ1) is 20.6. The zero-order valence-electron chi connectivity index (χ0n) is 17.8. The number of rotatable bonds is 3. The van der Waals surface area contributed by atoms with Gasteiger partial charge in [0.05, 0.1) is 5.52 Å². The second kappa shape index (κ2) is 7.89. The Kier molecular flexibility index (Phi) is 5.42. The summed E-state index contributed by atoms with van der Waals surface area (Å²) >= 11 is 6.42. The number of hydrogen-bond donors (Lipinski definition) is 1. The summed E-state index contributed by atoms with van der Waals surface area (Å²) < 4.78 is 1.93. The molecule has 1 atom stereocenters. The lowest BCUT2D eigenvalue weighted by atomic mass is 9.83. The quantitative estimate of drug-likeness (QED) is 0.693. The number of carbonyl (C=O) groups excluding carboxylic acids is 1. The van der Waals surface area contributed by atoms with Crippen LogP contribution in [0.1, 0.15) is 40.2 Å². The van der Waals surface area contributed by atoms with Crippen molar-refractivity contribution in [1.82, 2.24) is 24.3 Å². The van der Waals surface area contributed by atoms with Crippen molar-refractivity contribution in [3.8, 4) is 5.82 Å². The van der Waals surface area contributed by atoms with E-state index in [-0.39, 0.29) is 17.6 Å². The van der Waals surface area contributed by atoms with Crippen molar-refractivity contribution in [2.75, 3.05) is 40.0 Å². The number of amides is 1. The number of anilines is 1. The molecule has 0 saturated carbocycles. The van der Waals surface area contributed by atoms with Crippen molar-refractivity contribution < 1.29 is 4.79 Å². The van der Waals surface area contributed by atoms with E-state index in [0.717, 1.165) is 53.5 Å². The van der Waals surface area contributed by atoms with Crippen molar-refractivity contribution in [3.63, 3.8) is 0 Å². The Bertz CT molecular complexity index is 1120. The number of piperidine rings is 1. The SMILES string of the molecule is Cc1cc2c(ccn2-c2ncnc(N)c2Cl)c(C2CCCN(C)C2)c1C(=O)N(C)C. The van der Waals surface area contributed by atoms with Gasteiger partial charge in [-0.05, 0) is 62.5 Å². The molecule has 30 heavy (non-hydrogen) atoms. The molecule has 0 radical (unpaired) electrons. The van der Waals surface area contributed by atoms with Gasteiger partial charge < -0.3 is 15.5 Å². The number of nitrogens with zero attached hydrogens (tertiary/aromatic N) is 5. The molecule has 7 nitrogen and oxygen atoms in total. The highest BCUT2D eigenvalue weighted by atomic mass is 35.5. The maximum atomic E-state index is 13.2. The molecule has 2 aromatic heterocycles. The molecule has 1 fully saturated rings. The van der Waals surface area contributed by atoms with Gasteiger partial charge in [-0.1, -0.05) is 11.6 Å². The molecule has 158 valence electrons. The Labute approximate surface area is 181 Å². The van der Waals surface area contributed by atoms with Crippen molar-refractivity contribution in [1.29, 1.82) is 0 Å². The fourth-order valence-corrected chi connectivity index (χ4v) is 4.69. The minimum Gasteiger partial charge on any atom is -0.382 e. The maximum Gasteiger partial charge on any atom is 0.253 e. The van der Waals surface area contributed by atoms with E-state index in [0.29, 0.717) is 10.8 Å². The lowest BCUT2D eigenvalue weighted by Crippen LogP contribution is -2.33. The lowest BCUT2D eigenvalue weighted by molar-refractivity contribution is 0.0824. The molecule has 1 saturated heterocycles. The zero-order chi connectivity index (χ0) is 21.6. The van der Waals surface area contributed by atoms with Gasteiger partial charge in [-0.25, -0.2) is 9.97 Å². The Morgan fingerprint density at radius 1 is 1.33 bits per heavy atom. The van der Waals surface area contributed by atoms with Crippen LogP contribution in [-0.2, 0) is 0 Å². The van der Waals surface area contributed by atoms with E-state index in [2.05, 4.69) is 28.0 Å². The summed E-state index contributed by atoms with van der Waals surface area (Å²) in [6.07, 6.45) is 5.53. The first-order valence-electron chi connectivity index (χ1n) is 10.1. The number of fused-ring (bicyclic) bond motifs is 1. The van der Waals surface area contributed by atoms with E-state index in [4.69, 9.17) is 17.3 Å². The lowest BCUT2D eigenvalue weighted by Gasteiger charge is -2.32. The van der Waals surface area contributed by atoms with Gasteiger partial charge in [0.25, 0.3) is 5.91 Å². The summed E-state index contributed by atoms with van der Waals surface area (Å²) in [7, 11) is 5.75. The largest absolute Gasteiger partial charge is 0.382 e. The Morgan fingerprint density at radius 2 is 2.10 bits per heavy atom. The predicted octanol–water partition coefficient (Wildman–Crippen LogP) is 3.48. The monoisotopic (exact) mass is 426 g/mol. The fourth-order valence-electron chi connectivity index (χ4n) is 4.50. The Hall–Kier alpha value is -2.64. The number of aromatic nitrogens is 3. The predicted molar refractivity (Wildman–Crippen MR) is 121 cm³/mol. The Balaban J connectivity index is 2.00. The molecule has 3 heterocycles. The third kappa shape index (κ3) is 3.42. The number of hydrogen-bond acceptors (Lipinski definition) is 5. The molecule has 4 rings (SSSR count). The molecule has 8 heteroatoms. The smallest absolute Gasteiger partial charge is 0.253 e. The third-order valence-corrected chi connectivity index (χ3v) is 6.27. The summed E-state index contributed by atoms with van der Waals surface area (Å²) in [6, 6.07) is 4.09. The number of nitrogen functional groups attached to an aromatic ring is 1. The molecule has 1 aliphatic rings. The van der Waals surface area contributed by atoms with Crippen LogP contribution in [0.2, 0.25) is 5.02 Å². The van der Waals surface area contributed by atoms with Crippen molar-refractivity contribution in [2.45, 2.75) is 25.7 Å². The van der Waals surface area contributed by atoms with E-state index in [1.54, 1.807) is 19.0 Å². The molecule has 2 N–H and O–H groups in total. The van der Waals surface area contributed by atoms with E-state index in [9.17, 15) is 4.79 Å². The molecular formula is C22H27ClN6O. The number of nitrogens with two attached hydrogens (primary N) is 1. The third-order valence-electron chi connectivity index (χ3n) is 5.91. The second-order valence-electron chi connectivity index (χ2n) is 8.30. The molecule has 0 spiro atoms. The van der Waals surface area contributed by atoms with Gasteiger partial charge in [0.15, 0.2) is 5.82 Å². The molecule has 3 aromatic rings. The number of halogens is 1. The van der Waals surface area contributed by atoms with Crippen LogP contribution in [0.3, 0.4) is 0 Å². The van der Waals surface area contributed by atoms with Crippen molar-refractivity contribution in [3.05, 3.63) is 46.4 Å². The Morgan fingerprint density at radius 3 is 2.80 bits per heavy atom. The molecular weight excluding hydrogens is 400 g/mol. The number of likely N-dealkylation sites (N-methyl/N-ethyl adjacent to an activating group) is 1. The molecule has 0 bridgehead atoms. The average molecular weight is 427 g/mol. The normalized spacial score (nSPS) is 17.4. The average Bonchev–Trinajstić information content (AvgIpc) is 3.11. The van der Waals surface area contributed by atoms with Gasteiger partial charge >= 0.3 is 0 Å². The highest BCUT2D eigenvalue weighted by Gasteiger charge is 2.29. The summed E-state index contributed by atoms with van der Waals surface area (Å²) in [5.41, 5.74) is 9.74. The van der Waals surface area contributed by atoms with Crippen LogP contribution in [0, 0.1) is 6.92 Å². The van der Waals surface area contributed by atoms with Gasteiger partial charge in [-0.2, -0.15) is 0 Å². The van der Waals surface area contributed by atoms with E-state index < -0.39 is 0 Å². The number of benzene rings is 1. The molecule has 1 amide bonds. The van der Waals surface area contributed by atoms with Gasteiger partial charge in [0.1, 0.15) is 17.2 Å². The van der Waals surface area contributed by atoms with Crippen LogP contribution in [0.5, 0.6) is 0 Å². The topological polar surface area (TPSA) is 80.3 Å². The van der Waals surface area contributed by atoms with Crippen LogP contribution in [0.4, 0.5) is 5.82 Å². The maximum absolute atomic E-state index is 13.2. The zero-order valence-corrected chi connectivity index (χ0v) is 18.6. The molecule has 1 aliphatic heterocycles. The number of aryl methyl sites for hydroxylation is 1. The van der Waals surface area contributed by atoms with Gasteiger partial charge in [0, 0.05) is 37.8 Å². The van der Waals surface area contributed by atoms with Gasteiger partial charge in [0.2, 0.25) is 0 Å². The first-order chi connectivity index (χ1) is 14.3. The first-order valence-corrected chi connectivity index (χ1v) is 10.5. The minimum atomic E-state index is 0.0367. The van der Waals surface area contributed by atoms with E-state index >= 15 is 0 Å². The van der Waals surface area contributed by atoms with Crippen molar-refractivity contribution in [2.24, 2.45) is 0 Å². The van der Waals surface area contributed by atoms with Crippen LogP contribution in [0.25, 0.3) is 16.7 Å². The van der Waals surface area contributed by atoms with Crippen LogP contribution < -0.4 is 5.73 Å². The van der Waals surface area contributed by atoms with Gasteiger partial charge in [-0.15, -0.1) is 0 Å². The van der Waals surface area contributed by atoms with Crippen LogP contribution in [0.15, 0.2) is 24.7 Å². The van der Waals surface area contributed by atoms with E-state index in [1.807, 2.05) is 23.8 Å². The highest BCUT2D eigenvalue weighted by Crippen LogP contribution is 2.38. The second-order valence-corrected chi connectivity index (χ2v) is 8.68. The molecule has 1 unspecified atom stereocenters. The summed E-state index contributed by atoms with van der Waals surface area (Å²) in [5.74, 6) is 1.10. The minimum absolute atomic E-state index is 0.0367. The van der Waals surface area contributed by atoms with Gasteiger partial charge in [-0.3, -0.25) is 9.36 Å². The summed E-state index contributed by atoms with van der Waals surface area (Å²) in [6.45, 7) is 4.01. The number of likely N-dealkylation sites (tertiary alicyclic amines) is 1. The summed E-state index contributed by atoms with van der Waals surface area (Å²) in [5, 5.41) is 1.37. The van der Waals surface area contributed by atoms with Crippen LogP contribution in [-0.4, -0.2) is 64.5 Å². The molecule has 0 aliphatic carbocycles. The number of carbonyl (C=O) groups is 1.